The molecule has 2 aromatic carbocycles. The van der Waals surface area contributed by atoms with Crippen molar-refractivity contribution in [1.82, 2.24) is 9.88 Å². The molecule has 3 aromatic rings. The minimum absolute atomic E-state index is 0.0596. The molecule has 1 fully saturated rings. The number of nitrogens with one attached hydrogen (secondary N) is 1. The number of carbonyl (C=O) groups excluding carboxylic acids is 1. The Labute approximate surface area is 164 Å². The van der Waals surface area contributed by atoms with Crippen molar-refractivity contribution in [3.05, 3.63) is 60.8 Å². The van der Waals surface area contributed by atoms with Gasteiger partial charge in [-0.25, -0.2) is 0 Å². The number of benzene rings is 2. The number of fused-ring (bicyclic) bond motifs is 1. The van der Waals surface area contributed by atoms with Gasteiger partial charge in [-0.2, -0.15) is 0 Å². The Bertz CT molecular complexity index is 945. The lowest BCUT2D eigenvalue weighted by Gasteiger charge is -2.34. The van der Waals surface area contributed by atoms with Gasteiger partial charge in [-0.05, 0) is 43.4 Å². The summed E-state index contributed by atoms with van der Waals surface area (Å²) in [5.41, 5.74) is 2.71. The smallest absolute Gasteiger partial charge is 0.262 e. The first-order valence-corrected chi connectivity index (χ1v) is 9.49. The lowest BCUT2D eigenvalue weighted by atomic mass is 10.2. The highest BCUT2D eigenvalue weighted by molar-refractivity contribution is 5.92. The van der Waals surface area contributed by atoms with Gasteiger partial charge in [0, 0.05) is 49.1 Å². The van der Waals surface area contributed by atoms with Crippen LogP contribution in [0, 0.1) is 0 Å². The number of hydrogen-bond acceptors (Lipinski definition) is 5. The number of carbonyl (C=O) groups is 1. The van der Waals surface area contributed by atoms with Gasteiger partial charge < -0.3 is 19.9 Å². The van der Waals surface area contributed by atoms with Gasteiger partial charge in [0.2, 0.25) is 0 Å². The number of para-hydroxylation sites is 1. The van der Waals surface area contributed by atoms with E-state index in [1.165, 1.54) is 5.69 Å². The summed E-state index contributed by atoms with van der Waals surface area (Å²) in [6.45, 7) is 4.12. The van der Waals surface area contributed by atoms with E-state index in [1.807, 2.05) is 42.5 Å². The normalized spacial score (nSPS) is 14.8. The number of piperazine rings is 1. The Balaban J connectivity index is 1.33. The number of hydrogen-bond donors (Lipinski definition) is 1. The zero-order valence-corrected chi connectivity index (χ0v) is 16.0. The first kappa shape index (κ1) is 18.3. The molecule has 0 aliphatic carbocycles. The minimum atomic E-state index is -0.194. The number of nitrogens with zero attached hydrogens (tertiary/aromatic N) is 3. The van der Waals surface area contributed by atoms with E-state index in [0.29, 0.717) is 5.75 Å². The molecule has 4 rings (SSSR count). The highest BCUT2D eigenvalue weighted by Gasteiger charge is 2.14. The number of anilines is 2. The van der Waals surface area contributed by atoms with E-state index in [4.69, 9.17) is 4.74 Å². The Morgan fingerprint density at radius 3 is 2.57 bits per heavy atom. The quantitative estimate of drug-likeness (QED) is 0.742. The van der Waals surface area contributed by atoms with E-state index in [0.717, 1.165) is 42.8 Å². The summed E-state index contributed by atoms with van der Waals surface area (Å²) in [4.78, 5) is 21.3. The van der Waals surface area contributed by atoms with Crippen LogP contribution < -0.4 is 15.0 Å². The van der Waals surface area contributed by atoms with E-state index in [2.05, 4.69) is 39.3 Å². The molecule has 1 N–H and O–H groups in total. The van der Waals surface area contributed by atoms with Crippen molar-refractivity contribution in [2.45, 2.75) is 0 Å². The average Bonchev–Trinajstić information content (AvgIpc) is 2.73. The van der Waals surface area contributed by atoms with Crippen LogP contribution >= 0.6 is 0 Å². The Hall–Kier alpha value is -3.12. The average molecular weight is 376 g/mol. The van der Waals surface area contributed by atoms with E-state index in [-0.39, 0.29) is 12.5 Å². The van der Waals surface area contributed by atoms with E-state index in [1.54, 1.807) is 6.20 Å². The number of ether oxygens (including phenoxy) is 1. The molecule has 28 heavy (non-hydrogen) atoms. The third-order valence-corrected chi connectivity index (χ3v) is 4.97. The maximum atomic E-state index is 12.3. The Kier molecular flexibility index (Phi) is 5.39. The van der Waals surface area contributed by atoms with E-state index < -0.39 is 0 Å². The highest BCUT2D eigenvalue weighted by Crippen LogP contribution is 2.23. The first-order valence-electron chi connectivity index (χ1n) is 9.49. The summed E-state index contributed by atoms with van der Waals surface area (Å²) in [5, 5.41) is 3.87. The molecule has 6 heteroatoms. The monoisotopic (exact) mass is 376 g/mol. The van der Waals surface area contributed by atoms with Gasteiger partial charge in [-0.1, -0.05) is 18.2 Å². The second kappa shape index (κ2) is 8.27. The molecule has 6 nitrogen and oxygen atoms in total. The van der Waals surface area contributed by atoms with Gasteiger partial charge in [-0.15, -0.1) is 0 Å². The number of likely N-dealkylation sites (N-methyl/N-ethyl adjacent to an activating group) is 1. The van der Waals surface area contributed by atoms with E-state index >= 15 is 0 Å². The fourth-order valence-electron chi connectivity index (χ4n) is 3.35. The van der Waals surface area contributed by atoms with Crippen LogP contribution in [0.5, 0.6) is 5.75 Å². The van der Waals surface area contributed by atoms with Crippen molar-refractivity contribution in [1.29, 1.82) is 0 Å². The summed E-state index contributed by atoms with van der Waals surface area (Å²) in [6, 6.07) is 17.5. The largest absolute Gasteiger partial charge is 0.481 e. The SMILES string of the molecule is CN1CCN(c2ccc(NC(=O)COc3cccc4cccnc34)cc2)CC1. The predicted molar refractivity (Wildman–Crippen MR) is 112 cm³/mol. The number of pyridine rings is 1. The van der Waals surface area contributed by atoms with Gasteiger partial charge in [0.05, 0.1) is 0 Å². The molecule has 0 atom stereocenters. The molecule has 144 valence electrons. The lowest BCUT2D eigenvalue weighted by Crippen LogP contribution is -2.44. The van der Waals surface area contributed by atoms with E-state index in [9.17, 15) is 4.79 Å². The summed E-state index contributed by atoms with van der Waals surface area (Å²) in [6.07, 6.45) is 1.72. The van der Waals surface area contributed by atoms with Crippen LogP contribution in [0.15, 0.2) is 60.8 Å². The molecular formula is C22H24N4O2. The topological polar surface area (TPSA) is 57.7 Å². The summed E-state index contributed by atoms with van der Waals surface area (Å²) < 4.78 is 5.69. The Morgan fingerprint density at radius 2 is 1.79 bits per heavy atom. The second-order valence-corrected chi connectivity index (χ2v) is 7.01. The molecule has 0 unspecified atom stereocenters. The van der Waals surface area contributed by atoms with Crippen molar-refractivity contribution in [3.8, 4) is 5.75 Å². The van der Waals surface area contributed by atoms with Gasteiger partial charge in [0.1, 0.15) is 11.3 Å². The second-order valence-electron chi connectivity index (χ2n) is 7.01. The first-order chi connectivity index (χ1) is 13.7. The van der Waals surface area contributed by atoms with Crippen molar-refractivity contribution in [3.63, 3.8) is 0 Å². The number of aromatic nitrogens is 1. The molecule has 0 saturated carbocycles. The lowest BCUT2D eigenvalue weighted by molar-refractivity contribution is -0.118. The van der Waals surface area contributed by atoms with Crippen molar-refractivity contribution in [2.75, 3.05) is 50.1 Å². The summed E-state index contributed by atoms with van der Waals surface area (Å²) in [7, 11) is 2.15. The molecule has 0 radical (unpaired) electrons. The number of rotatable bonds is 5. The standard InChI is InChI=1S/C22H24N4O2/c1-25-12-14-26(15-13-25)19-9-7-18(8-10-19)24-21(27)16-28-20-6-2-4-17-5-3-11-23-22(17)20/h2-11H,12-16H2,1H3,(H,24,27). The molecule has 0 bridgehead atoms. The summed E-state index contributed by atoms with van der Waals surface area (Å²) >= 11 is 0. The molecular weight excluding hydrogens is 352 g/mol. The zero-order chi connectivity index (χ0) is 19.3. The maximum Gasteiger partial charge on any atom is 0.262 e. The summed E-state index contributed by atoms with van der Waals surface area (Å²) in [5.74, 6) is 0.416. The van der Waals surface area contributed by atoms with Crippen LogP contribution in [0.2, 0.25) is 0 Å². The van der Waals surface area contributed by atoms with Gasteiger partial charge >= 0.3 is 0 Å². The van der Waals surface area contributed by atoms with Gasteiger partial charge in [-0.3, -0.25) is 9.78 Å². The van der Waals surface area contributed by atoms with Crippen molar-refractivity contribution in [2.24, 2.45) is 0 Å². The molecule has 0 spiro atoms. The molecule has 1 aromatic heterocycles. The van der Waals surface area contributed by atoms with Crippen molar-refractivity contribution >= 4 is 28.2 Å². The molecule has 1 amide bonds. The fraction of sp³-hybridized carbons (Fsp3) is 0.273. The van der Waals surface area contributed by atoms with Crippen LogP contribution in [0.1, 0.15) is 0 Å². The third kappa shape index (κ3) is 4.23. The molecule has 2 heterocycles. The third-order valence-electron chi connectivity index (χ3n) is 4.97. The zero-order valence-electron chi connectivity index (χ0n) is 16.0. The Morgan fingerprint density at radius 1 is 1.04 bits per heavy atom. The van der Waals surface area contributed by atoms with Crippen LogP contribution in [-0.2, 0) is 4.79 Å². The van der Waals surface area contributed by atoms with Crippen LogP contribution in [-0.4, -0.2) is 55.6 Å². The highest BCUT2D eigenvalue weighted by atomic mass is 16.5. The predicted octanol–water partition coefficient (Wildman–Crippen LogP) is 3.00. The molecule has 1 aliphatic heterocycles. The van der Waals surface area contributed by atoms with Gasteiger partial charge in [0.25, 0.3) is 5.91 Å². The molecule has 1 saturated heterocycles. The molecule has 1 aliphatic rings. The van der Waals surface area contributed by atoms with Crippen LogP contribution in [0.3, 0.4) is 0 Å². The van der Waals surface area contributed by atoms with Crippen LogP contribution in [0.25, 0.3) is 10.9 Å². The minimum Gasteiger partial charge on any atom is -0.481 e. The maximum absolute atomic E-state index is 12.3. The van der Waals surface area contributed by atoms with Crippen LogP contribution in [0.4, 0.5) is 11.4 Å². The van der Waals surface area contributed by atoms with Crippen molar-refractivity contribution < 1.29 is 9.53 Å². The van der Waals surface area contributed by atoms with Gasteiger partial charge in [0.15, 0.2) is 6.61 Å². The fourth-order valence-corrected chi connectivity index (χ4v) is 3.35. The number of amides is 1.